The smallest absolute Gasteiger partial charge is 0.338 e. The second kappa shape index (κ2) is 8.83. The first-order chi connectivity index (χ1) is 13.9. The molecule has 0 bridgehead atoms. The molecule has 0 unspecified atom stereocenters. The molecule has 0 saturated carbocycles. The molecule has 2 heterocycles. The Balaban J connectivity index is 1.62. The van der Waals surface area contributed by atoms with E-state index in [0.717, 1.165) is 11.4 Å². The minimum Gasteiger partial charge on any atom is -0.454 e. The maximum Gasteiger partial charge on any atom is 0.338 e. The van der Waals surface area contributed by atoms with E-state index in [4.69, 9.17) is 14.0 Å². The number of aryl methyl sites for hydroxylation is 2. The van der Waals surface area contributed by atoms with Crippen molar-refractivity contribution in [1.29, 1.82) is 0 Å². The summed E-state index contributed by atoms with van der Waals surface area (Å²) in [6, 6.07) is 8.38. The molecule has 0 aliphatic heterocycles. The normalized spacial score (nSPS) is 10.9. The Labute approximate surface area is 168 Å². The Morgan fingerprint density at radius 1 is 1.14 bits per heavy atom. The van der Waals surface area contributed by atoms with E-state index in [1.165, 1.54) is 0 Å². The summed E-state index contributed by atoms with van der Waals surface area (Å²) < 4.78 is 17.4. The third kappa shape index (κ3) is 4.60. The SMILES string of the molecule is COCCn1c(C)cc(C(=O)COC(=O)c2ccc(-c3nc(C)no3)cc2)c1C. The Morgan fingerprint density at radius 3 is 2.48 bits per heavy atom. The third-order valence-electron chi connectivity index (χ3n) is 4.62. The molecule has 0 spiro atoms. The van der Waals surface area contributed by atoms with Crippen LogP contribution in [0.3, 0.4) is 0 Å². The molecular formula is C21H23N3O5. The van der Waals surface area contributed by atoms with Crippen molar-refractivity contribution in [1.82, 2.24) is 14.7 Å². The lowest BCUT2D eigenvalue weighted by Crippen LogP contribution is -2.15. The molecule has 8 nitrogen and oxygen atoms in total. The van der Waals surface area contributed by atoms with Crippen LogP contribution in [0.4, 0.5) is 0 Å². The van der Waals surface area contributed by atoms with E-state index in [9.17, 15) is 9.59 Å². The second-order valence-electron chi connectivity index (χ2n) is 6.65. The van der Waals surface area contributed by atoms with E-state index in [1.807, 2.05) is 24.5 Å². The van der Waals surface area contributed by atoms with Gasteiger partial charge in [-0.05, 0) is 51.1 Å². The molecule has 8 heteroatoms. The molecule has 2 aromatic heterocycles. The first kappa shape index (κ1) is 20.5. The fraction of sp³-hybridized carbons (Fsp3) is 0.333. The van der Waals surface area contributed by atoms with Crippen LogP contribution in [-0.2, 0) is 16.0 Å². The van der Waals surface area contributed by atoms with Crippen LogP contribution in [0.15, 0.2) is 34.9 Å². The van der Waals surface area contributed by atoms with Gasteiger partial charge in [0.15, 0.2) is 12.4 Å². The molecule has 3 aromatic rings. The van der Waals surface area contributed by atoms with Gasteiger partial charge in [-0.2, -0.15) is 4.98 Å². The summed E-state index contributed by atoms with van der Waals surface area (Å²) in [5, 5.41) is 3.74. The van der Waals surface area contributed by atoms with Gasteiger partial charge in [0.25, 0.3) is 5.89 Å². The lowest BCUT2D eigenvalue weighted by molar-refractivity contribution is 0.0474. The van der Waals surface area contributed by atoms with Crippen LogP contribution < -0.4 is 0 Å². The zero-order chi connectivity index (χ0) is 21.0. The maximum atomic E-state index is 12.5. The highest BCUT2D eigenvalue weighted by molar-refractivity contribution is 6.00. The highest BCUT2D eigenvalue weighted by Gasteiger charge is 2.18. The predicted octanol–water partition coefficient (Wildman–Crippen LogP) is 3.15. The summed E-state index contributed by atoms with van der Waals surface area (Å²) in [5.74, 6) is 0.0953. The number of hydrogen-bond donors (Lipinski definition) is 0. The number of aromatic nitrogens is 3. The Hall–Kier alpha value is -3.26. The number of nitrogens with zero attached hydrogens (tertiary/aromatic N) is 3. The molecule has 0 saturated heterocycles. The van der Waals surface area contributed by atoms with Crippen molar-refractivity contribution < 1.29 is 23.6 Å². The number of benzene rings is 1. The lowest BCUT2D eigenvalue weighted by Gasteiger charge is -2.09. The van der Waals surface area contributed by atoms with Crippen LogP contribution >= 0.6 is 0 Å². The summed E-state index contributed by atoms with van der Waals surface area (Å²) in [6.45, 7) is 6.42. The molecule has 29 heavy (non-hydrogen) atoms. The molecule has 0 fully saturated rings. The Kier molecular flexibility index (Phi) is 6.23. The first-order valence-electron chi connectivity index (χ1n) is 9.17. The number of rotatable bonds is 8. The average molecular weight is 397 g/mol. The Bertz CT molecular complexity index is 1020. The number of ether oxygens (including phenoxy) is 2. The van der Waals surface area contributed by atoms with Crippen molar-refractivity contribution in [3.8, 4) is 11.5 Å². The van der Waals surface area contributed by atoms with Gasteiger partial charge in [-0.25, -0.2) is 4.79 Å². The van der Waals surface area contributed by atoms with E-state index in [2.05, 4.69) is 10.1 Å². The molecule has 0 aliphatic rings. The third-order valence-corrected chi connectivity index (χ3v) is 4.62. The number of carbonyl (C=O) groups excluding carboxylic acids is 2. The van der Waals surface area contributed by atoms with E-state index in [1.54, 1.807) is 38.3 Å². The molecule has 0 amide bonds. The van der Waals surface area contributed by atoms with Crippen molar-refractivity contribution in [3.05, 3.63) is 58.7 Å². The molecular weight excluding hydrogens is 374 g/mol. The van der Waals surface area contributed by atoms with Crippen molar-refractivity contribution >= 4 is 11.8 Å². The summed E-state index contributed by atoms with van der Waals surface area (Å²) in [7, 11) is 1.63. The fourth-order valence-electron chi connectivity index (χ4n) is 3.07. The number of carbonyl (C=O) groups is 2. The number of ketones is 1. The highest BCUT2D eigenvalue weighted by atomic mass is 16.5. The van der Waals surface area contributed by atoms with Gasteiger partial charge in [0.2, 0.25) is 5.78 Å². The minimum absolute atomic E-state index is 0.243. The van der Waals surface area contributed by atoms with Gasteiger partial charge in [-0.3, -0.25) is 4.79 Å². The van der Waals surface area contributed by atoms with Crippen LogP contribution in [0.25, 0.3) is 11.5 Å². The van der Waals surface area contributed by atoms with Gasteiger partial charge < -0.3 is 18.6 Å². The van der Waals surface area contributed by atoms with E-state index in [-0.39, 0.29) is 12.4 Å². The minimum atomic E-state index is -0.570. The van der Waals surface area contributed by atoms with Crippen LogP contribution in [-0.4, -0.2) is 46.8 Å². The van der Waals surface area contributed by atoms with Crippen LogP contribution in [0.5, 0.6) is 0 Å². The molecule has 1 aromatic carbocycles. The fourth-order valence-corrected chi connectivity index (χ4v) is 3.07. The zero-order valence-corrected chi connectivity index (χ0v) is 16.9. The van der Waals surface area contributed by atoms with Crippen LogP contribution in [0, 0.1) is 20.8 Å². The quantitative estimate of drug-likeness (QED) is 0.425. The van der Waals surface area contributed by atoms with Crippen LogP contribution in [0.2, 0.25) is 0 Å². The van der Waals surface area contributed by atoms with Gasteiger partial charge in [-0.1, -0.05) is 5.16 Å². The second-order valence-corrected chi connectivity index (χ2v) is 6.65. The van der Waals surface area contributed by atoms with E-state index < -0.39 is 5.97 Å². The van der Waals surface area contributed by atoms with Gasteiger partial charge in [0.1, 0.15) is 0 Å². The largest absolute Gasteiger partial charge is 0.454 e. The number of methoxy groups -OCH3 is 1. The lowest BCUT2D eigenvalue weighted by atomic mass is 10.1. The molecule has 152 valence electrons. The number of esters is 1. The topological polar surface area (TPSA) is 96.5 Å². The molecule has 0 atom stereocenters. The van der Waals surface area contributed by atoms with Crippen molar-refractivity contribution in [2.75, 3.05) is 20.3 Å². The first-order valence-corrected chi connectivity index (χ1v) is 9.17. The average Bonchev–Trinajstić information content (AvgIpc) is 3.27. The summed E-state index contributed by atoms with van der Waals surface area (Å²) in [5.41, 5.74) is 3.37. The maximum absolute atomic E-state index is 12.5. The summed E-state index contributed by atoms with van der Waals surface area (Å²) >= 11 is 0. The van der Waals surface area contributed by atoms with Crippen molar-refractivity contribution in [2.45, 2.75) is 27.3 Å². The van der Waals surface area contributed by atoms with Crippen molar-refractivity contribution in [3.63, 3.8) is 0 Å². The van der Waals surface area contributed by atoms with Gasteiger partial charge in [0.05, 0.1) is 12.2 Å². The standard InChI is InChI=1S/C21H23N3O5/c1-13-11-18(14(2)24(13)9-10-27-4)19(25)12-28-21(26)17-7-5-16(6-8-17)20-22-15(3)23-29-20/h5-8,11H,9-10,12H2,1-4H3. The highest BCUT2D eigenvalue weighted by Crippen LogP contribution is 2.19. The predicted molar refractivity (Wildman–Crippen MR) is 105 cm³/mol. The van der Waals surface area contributed by atoms with Gasteiger partial charge in [-0.15, -0.1) is 0 Å². The van der Waals surface area contributed by atoms with Gasteiger partial charge in [0, 0.05) is 36.2 Å². The number of hydrogen-bond acceptors (Lipinski definition) is 7. The molecule has 3 rings (SSSR count). The number of Topliss-reactive ketones (excluding diaryl/α,β-unsaturated/α-hetero) is 1. The Morgan fingerprint density at radius 2 is 1.86 bits per heavy atom. The monoisotopic (exact) mass is 397 g/mol. The van der Waals surface area contributed by atoms with E-state index >= 15 is 0 Å². The summed E-state index contributed by atoms with van der Waals surface area (Å²) in [4.78, 5) is 29.0. The summed E-state index contributed by atoms with van der Waals surface area (Å²) in [6.07, 6.45) is 0. The van der Waals surface area contributed by atoms with Gasteiger partial charge >= 0.3 is 5.97 Å². The molecule has 0 radical (unpaired) electrons. The van der Waals surface area contributed by atoms with Crippen molar-refractivity contribution in [2.24, 2.45) is 0 Å². The van der Waals surface area contributed by atoms with Crippen LogP contribution in [0.1, 0.15) is 37.9 Å². The molecule has 0 N–H and O–H groups in total. The van der Waals surface area contributed by atoms with E-state index in [0.29, 0.717) is 41.6 Å². The molecule has 0 aliphatic carbocycles. The zero-order valence-electron chi connectivity index (χ0n) is 16.9.